The van der Waals surface area contributed by atoms with Gasteiger partial charge in [-0.1, -0.05) is 18.2 Å². The topological polar surface area (TPSA) is 62.1 Å². The third kappa shape index (κ3) is 1.89. The minimum Gasteiger partial charge on any atom is -0.507 e. The molecule has 0 saturated carbocycles. The highest BCUT2D eigenvalue weighted by Gasteiger charge is 2.11. The first-order valence-electron chi connectivity index (χ1n) is 6.61. The number of fused-ring (bicyclic) bond motifs is 1. The van der Waals surface area contributed by atoms with Gasteiger partial charge in [0.1, 0.15) is 11.4 Å². The Balaban J connectivity index is 1.94. The molecule has 102 valence electrons. The Morgan fingerprint density at radius 2 is 1.95 bits per heavy atom. The number of H-pyrrole nitrogens is 1. The molecule has 0 radical (unpaired) electrons. The van der Waals surface area contributed by atoms with Gasteiger partial charge in [-0.2, -0.15) is 0 Å². The molecule has 0 aliphatic carbocycles. The van der Waals surface area contributed by atoms with E-state index < -0.39 is 0 Å². The van der Waals surface area contributed by atoms with E-state index in [1.807, 2.05) is 30.5 Å². The van der Waals surface area contributed by atoms with Crippen molar-refractivity contribution in [3.05, 3.63) is 61.3 Å². The maximum atomic E-state index is 9.99. The summed E-state index contributed by atoms with van der Waals surface area (Å²) in [6, 6.07) is 11.2. The van der Waals surface area contributed by atoms with Gasteiger partial charge in [0.15, 0.2) is 0 Å². The number of aromatic hydroxyl groups is 1. The van der Waals surface area contributed by atoms with E-state index >= 15 is 0 Å². The summed E-state index contributed by atoms with van der Waals surface area (Å²) in [5.74, 6) is 0.249. The number of aromatic nitrogens is 2. The van der Waals surface area contributed by atoms with Gasteiger partial charge in [-0.3, -0.25) is 0 Å². The molecule has 1 aromatic carbocycles. The van der Waals surface area contributed by atoms with Gasteiger partial charge in [-0.15, -0.1) is 0 Å². The summed E-state index contributed by atoms with van der Waals surface area (Å²) in [6.07, 6.45) is 7.02. The van der Waals surface area contributed by atoms with E-state index in [1.165, 1.54) is 0 Å². The average molecular weight is 276 g/mol. The summed E-state index contributed by atoms with van der Waals surface area (Å²) in [6.45, 7) is 0. The van der Waals surface area contributed by atoms with Crippen molar-refractivity contribution in [1.29, 1.82) is 0 Å². The number of hydrogen-bond donors (Lipinski definition) is 2. The third-order valence-corrected chi connectivity index (χ3v) is 3.58. The van der Waals surface area contributed by atoms with Crippen molar-refractivity contribution in [3.63, 3.8) is 0 Å². The summed E-state index contributed by atoms with van der Waals surface area (Å²) in [7, 11) is 0. The Hall–Kier alpha value is -3.01. The highest BCUT2D eigenvalue weighted by Crippen LogP contribution is 2.33. The fraction of sp³-hybridized carbons (Fsp3) is 0. The third-order valence-electron chi connectivity index (χ3n) is 3.58. The van der Waals surface area contributed by atoms with Crippen molar-refractivity contribution < 1.29 is 9.52 Å². The van der Waals surface area contributed by atoms with Crippen LogP contribution in [0.5, 0.6) is 5.75 Å². The first-order chi connectivity index (χ1) is 10.3. The first kappa shape index (κ1) is 11.8. The Morgan fingerprint density at radius 1 is 1.05 bits per heavy atom. The molecule has 0 aliphatic rings. The van der Waals surface area contributed by atoms with Crippen LogP contribution in [0.1, 0.15) is 0 Å². The lowest BCUT2D eigenvalue weighted by molar-refractivity contribution is 0.477. The van der Waals surface area contributed by atoms with Crippen molar-refractivity contribution in [2.45, 2.75) is 0 Å². The normalized spacial score (nSPS) is 11.0. The van der Waals surface area contributed by atoms with Crippen molar-refractivity contribution >= 4 is 11.0 Å². The molecule has 0 amide bonds. The molecular weight excluding hydrogens is 264 g/mol. The lowest BCUT2D eigenvalue weighted by Gasteiger charge is -2.04. The largest absolute Gasteiger partial charge is 0.507 e. The molecule has 2 N–H and O–H groups in total. The van der Waals surface area contributed by atoms with Crippen LogP contribution < -0.4 is 0 Å². The van der Waals surface area contributed by atoms with Crippen LogP contribution in [0.15, 0.2) is 65.7 Å². The van der Waals surface area contributed by atoms with E-state index in [2.05, 4.69) is 9.97 Å². The van der Waals surface area contributed by atoms with Gasteiger partial charge < -0.3 is 14.5 Å². The molecule has 4 rings (SSSR count). The molecule has 0 bridgehead atoms. The molecule has 0 saturated heterocycles. The Morgan fingerprint density at radius 3 is 2.76 bits per heavy atom. The quantitative estimate of drug-likeness (QED) is 0.577. The van der Waals surface area contributed by atoms with Crippen LogP contribution in [0.2, 0.25) is 0 Å². The molecule has 0 spiro atoms. The average Bonchev–Trinajstić information content (AvgIpc) is 3.16. The molecule has 3 heterocycles. The van der Waals surface area contributed by atoms with E-state index in [-0.39, 0.29) is 5.75 Å². The number of benzene rings is 1. The molecule has 4 heteroatoms. The zero-order chi connectivity index (χ0) is 14.2. The lowest BCUT2D eigenvalue weighted by Crippen LogP contribution is -1.83. The van der Waals surface area contributed by atoms with Crippen LogP contribution in [0, 0.1) is 0 Å². The molecular formula is C17H12N2O2. The number of pyridine rings is 1. The SMILES string of the molecule is Oc1ccccc1-c1cnc2[nH]cc(-c3ccoc3)c2c1. The van der Waals surface area contributed by atoms with Gasteiger partial charge in [0, 0.05) is 40.0 Å². The molecule has 21 heavy (non-hydrogen) atoms. The summed E-state index contributed by atoms with van der Waals surface area (Å²) < 4.78 is 5.15. The van der Waals surface area contributed by atoms with Crippen molar-refractivity contribution in [3.8, 4) is 28.0 Å². The van der Waals surface area contributed by atoms with Gasteiger partial charge in [0.05, 0.1) is 12.5 Å². The summed E-state index contributed by atoms with van der Waals surface area (Å²) in [4.78, 5) is 7.59. The molecule has 0 aliphatic heterocycles. The highest BCUT2D eigenvalue weighted by atomic mass is 16.3. The predicted molar refractivity (Wildman–Crippen MR) is 80.9 cm³/mol. The van der Waals surface area contributed by atoms with Crippen LogP contribution in [-0.2, 0) is 0 Å². The van der Waals surface area contributed by atoms with Crippen molar-refractivity contribution in [2.24, 2.45) is 0 Å². The number of rotatable bonds is 2. The number of para-hydroxylation sites is 1. The predicted octanol–water partition coefficient (Wildman–Crippen LogP) is 4.20. The van der Waals surface area contributed by atoms with E-state index in [1.54, 1.807) is 30.9 Å². The molecule has 0 unspecified atom stereocenters. The first-order valence-corrected chi connectivity index (χ1v) is 6.61. The maximum Gasteiger partial charge on any atom is 0.137 e. The highest BCUT2D eigenvalue weighted by molar-refractivity contribution is 5.95. The van der Waals surface area contributed by atoms with Crippen LogP contribution in [0.25, 0.3) is 33.3 Å². The number of nitrogens with one attached hydrogen (secondary N) is 1. The number of aromatic amines is 1. The summed E-state index contributed by atoms with van der Waals surface area (Å²) in [5, 5.41) is 11.0. The van der Waals surface area contributed by atoms with E-state index in [4.69, 9.17) is 4.42 Å². The van der Waals surface area contributed by atoms with Gasteiger partial charge >= 0.3 is 0 Å². The zero-order valence-electron chi connectivity index (χ0n) is 11.1. The second-order valence-corrected chi connectivity index (χ2v) is 4.85. The minimum atomic E-state index is 0.249. The van der Waals surface area contributed by atoms with Crippen molar-refractivity contribution in [1.82, 2.24) is 9.97 Å². The van der Waals surface area contributed by atoms with Gasteiger partial charge in [0.25, 0.3) is 0 Å². The smallest absolute Gasteiger partial charge is 0.137 e. The van der Waals surface area contributed by atoms with Crippen LogP contribution in [-0.4, -0.2) is 15.1 Å². The molecule has 0 atom stereocenters. The van der Waals surface area contributed by atoms with Crippen molar-refractivity contribution in [2.75, 3.05) is 0 Å². The summed E-state index contributed by atoms with van der Waals surface area (Å²) in [5.41, 5.74) is 4.49. The fourth-order valence-corrected chi connectivity index (χ4v) is 2.52. The van der Waals surface area contributed by atoms with Crippen LogP contribution >= 0.6 is 0 Å². The number of hydrogen-bond acceptors (Lipinski definition) is 3. The van der Waals surface area contributed by atoms with Gasteiger partial charge in [-0.25, -0.2) is 4.98 Å². The van der Waals surface area contributed by atoms with Crippen LogP contribution in [0.4, 0.5) is 0 Å². The second kappa shape index (κ2) is 4.52. The number of phenolic OH excluding ortho intramolecular Hbond substituents is 1. The maximum absolute atomic E-state index is 9.99. The van der Waals surface area contributed by atoms with Crippen LogP contribution in [0.3, 0.4) is 0 Å². The zero-order valence-corrected chi connectivity index (χ0v) is 11.1. The monoisotopic (exact) mass is 276 g/mol. The lowest BCUT2D eigenvalue weighted by atomic mass is 10.0. The number of phenols is 1. The molecule has 4 nitrogen and oxygen atoms in total. The Kier molecular flexibility index (Phi) is 2.54. The second-order valence-electron chi connectivity index (χ2n) is 4.85. The van der Waals surface area contributed by atoms with E-state index in [9.17, 15) is 5.11 Å². The molecule has 3 aromatic heterocycles. The summed E-state index contributed by atoms with van der Waals surface area (Å²) >= 11 is 0. The molecule has 0 fully saturated rings. The fourth-order valence-electron chi connectivity index (χ4n) is 2.52. The van der Waals surface area contributed by atoms with E-state index in [0.29, 0.717) is 0 Å². The Bertz CT molecular complexity index is 908. The van der Waals surface area contributed by atoms with Gasteiger partial charge in [0.2, 0.25) is 0 Å². The number of furan rings is 1. The standard InChI is InChI=1S/C17H12N2O2/c20-16-4-2-1-3-13(16)12-7-14-15(11-5-6-21-10-11)9-19-17(14)18-8-12/h1-10,20H,(H,18,19). The Labute approximate surface area is 120 Å². The van der Waals surface area contributed by atoms with Gasteiger partial charge in [-0.05, 0) is 18.2 Å². The minimum absolute atomic E-state index is 0.249. The number of nitrogens with zero attached hydrogens (tertiary/aromatic N) is 1. The van der Waals surface area contributed by atoms with E-state index in [0.717, 1.165) is 33.3 Å². The molecule has 4 aromatic rings.